The number of nitrogens with zero attached hydrogens (tertiary/aromatic N) is 2. The highest BCUT2D eigenvalue weighted by molar-refractivity contribution is 5.92. The van der Waals surface area contributed by atoms with Crippen molar-refractivity contribution in [2.45, 2.75) is 46.1 Å². The Kier molecular flexibility index (Phi) is 3.20. The zero-order valence-corrected chi connectivity index (χ0v) is 12.7. The Morgan fingerprint density at radius 1 is 1.30 bits per heavy atom. The smallest absolute Gasteiger partial charge is 0.157 e. The van der Waals surface area contributed by atoms with Crippen molar-refractivity contribution in [3.63, 3.8) is 0 Å². The van der Waals surface area contributed by atoms with E-state index in [4.69, 9.17) is 0 Å². The molecule has 3 fully saturated rings. The standard InChI is InChI=1S/C17H24N2O/c1-16(2,3)17-7-10-19(11-8-17)14(15(17)20)12-13-6-4-5-9-18-13/h4-6,9,14H,7-8,10-12H2,1-3H3. The zero-order chi connectivity index (χ0) is 14.4. The number of Topliss-reactive ketones (excluding diaryl/α,β-unsaturated/α-hetero) is 1. The van der Waals surface area contributed by atoms with Crippen LogP contribution in [-0.4, -0.2) is 34.8 Å². The van der Waals surface area contributed by atoms with Crippen LogP contribution in [-0.2, 0) is 11.2 Å². The maximum Gasteiger partial charge on any atom is 0.157 e. The van der Waals surface area contributed by atoms with Gasteiger partial charge in [-0.2, -0.15) is 0 Å². The van der Waals surface area contributed by atoms with Crippen LogP contribution in [0, 0.1) is 10.8 Å². The molecule has 4 rings (SSSR count). The number of rotatable bonds is 2. The molecule has 0 N–H and O–H groups in total. The average Bonchev–Trinajstić information content (AvgIpc) is 2.43. The maximum absolute atomic E-state index is 13.1. The summed E-state index contributed by atoms with van der Waals surface area (Å²) in [6.45, 7) is 8.79. The lowest BCUT2D eigenvalue weighted by atomic mass is 9.55. The fourth-order valence-corrected chi connectivity index (χ4v) is 4.01. The van der Waals surface area contributed by atoms with Crippen molar-refractivity contribution in [3.05, 3.63) is 30.1 Å². The van der Waals surface area contributed by atoms with Crippen molar-refractivity contribution in [2.75, 3.05) is 13.1 Å². The Labute approximate surface area is 121 Å². The topological polar surface area (TPSA) is 33.2 Å². The second kappa shape index (κ2) is 4.66. The van der Waals surface area contributed by atoms with Crippen LogP contribution in [0.1, 0.15) is 39.3 Å². The lowest BCUT2D eigenvalue weighted by Crippen LogP contribution is -2.65. The molecule has 4 heterocycles. The van der Waals surface area contributed by atoms with E-state index in [2.05, 4.69) is 30.7 Å². The highest BCUT2D eigenvalue weighted by atomic mass is 16.1. The van der Waals surface area contributed by atoms with E-state index in [1.807, 2.05) is 24.4 Å². The van der Waals surface area contributed by atoms with Crippen LogP contribution in [0.3, 0.4) is 0 Å². The minimum atomic E-state index is -0.124. The molecule has 3 nitrogen and oxygen atoms in total. The number of ketones is 1. The molecule has 20 heavy (non-hydrogen) atoms. The van der Waals surface area contributed by atoms with Gasteiger partial charge in [-0.25, -0.2) is 0 Å². The van der Waals surface area contributed by atoms with Gasteiger partial charge in [-0.15, -0.1) is 0 Å². The summed E-state index contributed by atoms with van der Waals surface area (Å²) in [5.74, 6) is 0.452. The summed E-state index contributed by atoms with van der Waals surface area (Å²) in [4.78, 5) is 19.9. The normalized spacial score (nSPS) is 33.5. The van der Waals surface area contributed by atoms with E-state index in [0.29, 0.717) is 5.78 Å². The minimum Gasteiger partial charge on any atom is -0.297 e. The first-order valence-corrected chi connectivity index (χ1v) is 7.62. The molecular formula is C17H24N2O. The number of carbonyl (C=O) groups excluding carboxylic acids is 1. The number of piperidine rings is 3. The van der Waals surface area contributed by atoms with Gasteiger partial charge in [0.05, 0.1) is 6.04 Å². The van der Waals surface area contributed by atoms with Gasteiger partial charge in [0.1, 0.15) is 0 Å². The van der Waals surface area contributed by atoms with Crippen LogP contribution in [0.4, 0.5) is 0 Å². The van der Waals surface area contributed by atoms with Crippen molar-refractivity contribution < 1.29 is 4.79 Å². The fraction of sp³-hybridized carbons (Fsp3) is 0.647. The molecule has 0 radical (unpaired) electrons. The van der Waals surface area contributed by atoms with Crippen LogP contribution < -0.4 is 0 Å². The molecule has 0 spiro atoms. The van der Waals surface area contributed by atoms with E-state index in [-0.39, 0.29) is 16.9 Å². The molecule has 3 aliphatic heterocycles. The first-order valence-electron chi connectivity index (χ1n) is 7.62. The van der Waals surface area contributed by atoms with Gasteiger partial charge in [-0.1, -0.05) is 26.8 Å². The third-order valence-corrected chi connectivity index (χ3v) is 5.43. The van der Waals surface area contributed by atoms with Crippen molar-refractivity contribution >= 4 is 5.78 Å². The fourth-order valence-electron chi connectivity index (χ4n) is 4.01. The summed E-state index contributed by atoms with van der Waals surface area (Å²) in [7, 11) is 0. The number of fused-ring (bicyclic) bond motifs is 3. The van der Waals surface area contributed by atoms with Gasteiger partial charge in [0.2, 0.25) is 0 Å². The largest absolute Gasteiger partial charge is 0.297 e. The maximum atomic E-state index is 13.1. The first-order chi connectivity index (χ1) is 9.44. The lowest BCUT2D eigenvalue weighted by Gasteiger charge is -2.57. The van der Waals surface area contributed by atoms with Gasteiger partial charge in [-0.3, -0.25) is 14.7 Å². The monoisotopic (exact) mass is 272 g/mol. The Bertz CT molecular complexity index is 495. The number of hydrogen-bond acceptors (Lipinski definition) is 3. The van der Waals surface area contributed by atoms with Crippen LogP contribution >= 0.6 is 0 Å². The van der Waals surface area contributed by atoms with E-state index in [1.54, 1.807) is 0 Å². The molecular weight excluding hydrogens is 248 g/mol. The molecule has 1 aromatic heterocycles. The first kappa shape index (κ1) is 13.7. The van der Waals surface area contributed by atoms with Crippen molar-refractivity contribution in [1.29, 1.82) is 0 Å². The Morgan fingerprint density at radius 2 is 2.00 bits per heavy atom. The quantitative estimate of drug-likeness (QED) is 0.830. The molecule has 1 atom stereocenters. The number of pyridine rings is 1. The highest BCUT2D eigenvalue weighted by Crippen LogP contribution is 2.52. The van der Waals surface area contributed by atoms with E-state index < -0.39 is 0 Å². The second-order valence-electron chi connectivity index (χ2n) is 7.27. The number of carbonyl (C=O) groups is 1. The van der Waals surface area contributed by atoms with Gasteiger partial charge in [0.25, 0.3) is 0 Å². The molecule has 2 bridgehead atoms. The molecule has 0 amide bonds. The van der Waals surface area contributed by atoms with Crippen LogP contribution in [0.15, 0.2) is 24.4 Å². The van der Waals surface area contributed by atoms with Crippen LogP contribution in [0.25, 0.3) is 0 Å². The molecule has 3 aliphatic rings. The predicted molar refractivity (Wildman–Crippen MR) is 79.4 cm³/mol. The number of aromatic nitrogens is 1. The predicted octanol–water partition coefficient (Wildman–Crippen LogP) is 2.70. The molecule has 3 saturated heterocycles. The van der Waals surface area contributed by atoms with Crippen molar-refractivity contribution in [2.24, 2.45) is 10.8 Å². The molecule has 0 aliphatic carbocycles. The summed E-state index contributed by atoms with van der Waals surface area (Å²) < 4.78 is 0. The molecule has 108 valence electrons. The average molecular weight is 272 g/mol. The van der Waals surface area contributed by atoms with E-state index in [0.717, 1.165) is 38.0 Å². The van der Waals surface area contributed by atoms with Crippen molar-refractivity contribution in [1.82, 2.24) is 9.88 Å². The van der Waals surface area contributed by atoms with E-state index in [1.165, 1.54) is 0 Å². The summed E-state index contributed by atoms with van der Waals surface area (Å²) in [6.07, 6.45) is 4.62. The highest BCUT2D eigenvalue weighted by Gasteiger charge is 2.57. The minimum absolute atomic E-state index is 0.0339. The molecule has 0 saturated carbocycles. The van der Waals surface area contributed by atoms with Crippen molar-refractivity contribution in [3.8, 4) is 0 Å². The summed E-state index contributed by atoms with van der Waals surface area (Å²) in [6, 6.07) is 5.99. The van der Waals surface area contributed by atoms with Gasteiger partial charge >= 0.3 is 0 Å². The molecule has 0 aromatic carbocycles. The van der Waals surface area contributed by atoms with Crippen LogP contribution in [0.2, 0.25) is 0 Å². The van der Waals surface area contributed by atoms with Gasteiger partial charge in [-0.05, 0) is 43.5 Å². The number of hydrogen-bond donors (Lipinski definition) is 0. The Morgan fingerprint density at radius 3 is 2.55 bits per heavy atom. The Balaban J connectivity index is 1.88. The second-order valence-corrected chi connectivity index (χ2v) is 7.27. The van der Waals surface area contributed by atoms with Crippen LogP contribution in [0.5, 0.6) is 0 Å². The summed E-state index contributed by atoms with van der Waals surface area (Å²) in [5.41, 5.74) is 0.961. The SMILES string of the molecule is CC(C)(C)C12CCN(CC1)C(Cc1ccccn1)C2=O. The zero-order valence-electron chi connectivity index (χ0n) is 12.7. The molecule has 3 heteroatoms. The molecule has 1 unspecified atom stereocenters. The Hall–Kier alpha value is -1.22. The third-order valence-electron chi connectivity index (χ3n) is 5.43. The lowest BCUT2D eigenvalue weighted by molar-refractivity contribution is -0.158. The van der Waals surface area contributed by atoms with Gasteiger partial charge in [0.15, 0.2) is 5.78 Å². The molecule has 1 aromatic rings. The van der Waals surface area contributed by atoms with E-state index in [9.17, 15) is 4.79 Å². The van der Waals surface area contributed by atoms with Gasteiger partial charge < -0.3 is 0 Å². The summed E-state index contributed by atoms with van der Waals surface area (Å²) in [5, 5.41) is 0. The van der Waals surface area contributed by atoms with E-state index >= 15 is 0 Å². The third kappa shape index (κ3) is 1.99. The summed E-state index contributed by atoms with van der Waals surface area (Å²) >= 11 is 0. The van der Waals surface area contributed by atoms with Gasteiger partial charge in [0, 0.05) is 23.7 Å².